The van der Waals surface area contributed by atoms with Crippen LogP contribution in [0, 0.1) is 0 Å². The first-order valence-electron chi connectivity index (χ1n) is 12.5. The van der Waals surface area contributed by atoms with Crippen LogP contribution in [0.2, 0.25) is 0 Å². The van der Waals surface area contributed by atoms with Gasteiger partial charge in [0.2, 0.25) is 0 Å². The van der Waals surface area contributed by atoms with Crippen LogP contribution in [-0.2, 0) is 10.0 Å². The second kappa shape index (κ2) is 11.1. The van der Waals surface area contributed by atoms with Crippen LogP contribution in [-0.4, -0.2) is 30.3 Å². The normalized spacial score (nSPS) is 11.4. The first kappa shape index (κ1) is 26.7. The summed E-state index contributed by atoms with van der Waals surface area (Å²) in [6.45, 7) is 4.02. The fourth-order valence-electron chi connectivity index (χ4n) is 4.26. The van der Waals surface area contributed by atoms with Gasteiger partial charge in [-0.25, -0.2) is 13.2 Å². The molecule has 0 atom stereocenters. The van der Waals surface area contributed by atoms with Gasteiger partial charge in [0, 0.05) is 41.1 Å². The number of sulfonamides is 1. The third-order valence-corrected chi connectivity index (χ3v) is 8.11. The van der Waals surface area contributed by atoms with Gasteiger partial charge in [-0.1, -0.05) is 50.2 Å². The Balaban J connectivity index is 1.66. The number of nitrogens with zero attached hydrogens (tertiary/aromatic N) is 3. The van der Waals surface area contributed by atoms with Crippen molar-refractivity contribution in [2.45, 2.75) is 24.7 Å². The number of amides is 1. The summed E-state index contributed by atoms with van der Waals surface area (Å²) in [4.78, 5) is 34.5. The van der Waals surface area contributed by atoms with Crippen LogP contribution in [0.5, 0.6) is 5.75 Å². The molecule has 40 heavy (non-hydrogen) atoms. The van der Waals surface area contributed by atoms with E-state index in [0.717, 1.165) is 9.87 Å². The average Bonchev–Trinajstić information content (AvgIpc) is 2.99. The van der Waals surface area contributed by atoms with E-state index in [4.69, 9.17) is 4.74 Å². The Hall–Kier alpha value is -4.89. The molecule has 0 aliphatic rings. The Bertz CT molecular complexity index is 1790. The molecule has 5 aromatic rings. The van der Waals surface area contributed by atoms with Gasteiger partial charge < -0.3 is 4.74 Å². The van der Waals surface area contributed by atoms with Crippen LogP contribution >= 0.6 is 0 Å². The van der Waals surface area contributed by atoms with E-state index in [1.165, 1.54) is 73.3 Å². The molecule has 0 N–H and O–H groups in total. The van der Waals surface area contributed by atoms with E-state index in [1.807, 2.05) is 13.8 Å². The summed E-state index contributed by atoms with van der Waals surface area (Å²) in [5.41, 5.74) is 1.55. The van der Waals surface area contributed by atoms with Crippen molar-refractivity contribution in [1.82, 2.24) is 9.97 Å². The minimum absolute atomic E-state index is 0.0309. The smallest absolute Gasteiger partial charge is 0.343 e. The average molecular weight is 552 g/mol. The number of carbonyl (C=O) groups is 2. The first-order chi connectivity index (χ1) is 19.3. The summed E-state index contributed by atoms with van der Waals surface area (Å²) in [5.74, 6) is -0.918. The van der Waals surface area contributed by atoms with E-state index < -0.39 is 21.9 Å². The number of benzene rings is 3. The third-order valence-electron chi connectivity index (χ3n) is 6.40. The molecule has 0 aliphatic carbocycles. The highest BCUT2D eigenvalue weighted by atomic mass is 32.2. The quantitative estimate of drug-likeness (QED) is 0.180. The highest BCUT2D eigenvalue weighted by Gasteiger charge is 2.33. The predicted molar refractivity (Wildman–Crippen MR) is 152 cm³/mol. The van der Waals surface area contributed by atoms with Crippen LogP contribution in [0.25, 0.3) is 10.8 Å². The number of hydrogen-bond donors (Lipinski definition) is 0. The molecule has 3 aromatic carbocycles. The second-order valence-corrected chi connectivity index (χ2v) is 11.1. The number of fused-ring (bicyclic) bond motifs is 1. The Morgan fingerprint density at radius 1 is 0.725 bits per heavy atom. The summed E-state index contributed by atoms with van der Waals surface area (Å²) < 4.78 is 34.7. The van der Waals surface area contributed by atoms with Crippen molar-refractivity contribution in [3.8, 4) is 5.75 Å². The van der Waals surface area contributed by atoms with Gasteiger partial charge in [-0.15, -0.1) is 0 Å². The predicted octanol–water partition coefficient (Wildman–Crippen LogP) is 6.01. The molecule has 0 aliphatic heterocycles. The fourth-order valence-corrected chi connectivity index (χ4v) is 5.69. The van der Waals surface area contributed by atoms with E-state index in [9.17, 15) is 18.0 Å². The molecule has 0 fully saturated rings. The summed E-state index contributed by atoms with van der Waals surface area (Å²) in [6.07, 6.45) is 5.82. The first-order valence-corrected chi connectivity index (χ1v) is 13.9. The van der Waals surface area contributed by atoms with Gasteiger partial charge in [0.15, 0.2) is 0 Å². The molecule has 9 heteroatoms. The molecule has 2 aromatic heterocycles. The molecule has 1 amide bonds. The van der Waals surface area contributed by atoms with Crippen molar-refractivity contribution in [3.63, 3.8) is 0 Å². The number of carbonyl (C=O) groups excluding carboxylic acids is 2. The molecule has 0 radical (unpaired) electrons. The van der Waals surface area contributed by atoms with Crippen molar-refractivity contribution in [2.75, 3.05) is 4.31 Å². The Morgan fingerprint density at radius 2 is 1.30 bits per heavy atom. The molecule has 0 spiro atoms. The summed E-state index contributed by atoms with van der Waals surface area (Å²) in [6, 6.07) is 22.3. The van der Waals surface area contributed by atoms with Crippen molar-refractivity contribution in [2.24, 2.45) is 0 Å². The van der Waals surface area contributed by atoms with Crippen LogP contribution < -0.4 is 9.04 Å². The second-order valence-electron chi connectivity index (χ2n) is 9.29. The van der Waals surface area contributed by atoms with Crippen molar-refractivity contribution in [3.05, 3.63) is 126 Å². The van der Waals surface area contributed by atoms with Crippen LogP contribution in [0.3, 0.4) is 0 Å². The number of rotatable bonds is 7. The highest BCUT2D eigenvalue weighted by Crippen LogP contribution is 2.37. The Morgan fingerprint density at radius 3 is 1.90 bits per heavy atom. The van der Waals surface area contributed by atoms with Crippen LogP contribution in [0.15, 0.2) is 115 Å². The van der Waals surface area contributed by atoms with Crippen molar-refractivity contribution < 1.29 is 22.7 Å². The van der Waals surface area contributed by atoms with Crippen LogP contribution in [0.1, 0.15) is 46.0 Å². The number of anilines is 1. The van der Waals surface area contributed by atoms with Gasteiger partial charge in [0.05, 0.1) is 16.1 Å². The maximum Gasteiger partial charge on any atom is 0.343 e. The SMILES string of the molecule is CC(C)c1ccc(S(=O)(=O)N(C(=O)c2ccncc2)c2ccc(OC(=O)c3ccncc3)c3ccccc23)cc1. The van der Waals surface area contributed by atoms with Crippen LogP contribution in [0.4, 0.5) is 5.69 Å². The zero-order valence-electron chi connectivity index (χ0n) is 21.8. The summed E-state index contributed by atoms with van der Waals surface area (Å²) >= 11 is 0. The molecule has 200 valence electrons. The molecular formula is C31H25N3O5S. The van der Waals surface area contributed by atoms with Gasteiger partial charge in [-0.2, -0.15) is 4.31 Å². The molecule has 5 rings (SSSR count). The monoisotopic (exact) mass is 551 g/mol. The zero-order chi connectivity index (χ0) is 28.3. The van der Waals surface area contributed by atoms with E-state index in [1.54, 1.807) is 36.4 Å². The zero-order valence-corrected chi connectivity index (χ0v) is 22.6. The highest BCUT2D eigenvalue weighted by molar-refractivity contribution is 7.93. The van der Waals surface area contributed by atoms with Gasteiger partial charge >= 0.3 is 5.97 Å². The maximum absolute atomic E-state index is 14.1. The lowest BCUT2D eigenvalue weighted by Gasteiger charge is -2.25. The van der Waals surface area contributed by atoms with E-state index in [-0.39, 0.29) is 27.8 Å². The van der Waals surface area contributed by atoms with E-state index >= 15 is 0 Å². The van der Waals surface area contributed by atoms with Gasteiger partial charge in [0.25, 0.3) is 15.9 Å². The summed E-state index contributed by atoms with van der Waals surface area (Å²) in [5, 5.41) is 0.868. The largest absolute Gasteiger partial charge is 0.422 e. The number of ether oxygens (including phenoxy) is 1. The maximum atomic E-state index is 14.1. The summed E-state index contributed by atoms with van der Waals surface area (Å²) in [7, 11) is -4.37. The van der Waals surface area contributed by atoms with Crippen molar-refractivity contribution >= 4 is 38.4 Å². The molecular weight excluding hydrogens is 526 g/mol. The van der Waals surface area contributed by atoms with Crippen molar-refractivity contribution in [1.29, 1.82) is 0 Å². The number of esters is 1. The third kappa shape index (κ3) is 5.19. The lowest BCUT2D eigenvalue weighted by atomic mass is 10.0. The van der Waals surface area contributed by atoms with Gasteiger partial charge in [0.1, 0.15) is 5.75 Å². The van der Waals surface area contributed by atoms with Gasteiger partial charge in [-0.3, -0.25) is 14.8 Å². The fraction of sp³-hybridized carbons (Fsp3) is 0.0968. The minimum atomic E-state index is -4.37. The number of aromatic nitrogens is 2. The minimum Gasteiger partial charge on any atom is -0.422 e. The Labute approximate surface area is 232 Å². The van der Waals surface area contributed by atoms with E-state index in [0.29, 0.717) is 16.3 Å². The van der Waals surface area contributed by atoms with E-state index in [2.05, 4.69) is 9.97 Å². The molecule has 2 heterocycles. The standard InChI is InChI=1S/C31H25N3O5S/c1-21(2)22-7-9-25(10-8-22)40(37,38)34(30(35)23-13-17-32-18-14-23)28-11-12-29(27-6-4-3-5-26(27)28)39-31(36)24-15-19-33-20-16-24/h3-21H,1-2H3. The topological polar surface area (TPSA) is 107 Å². The lowest BCUT2D eigenvalue weighted by molar-refractivity contribution is 0.0736. The Kier molecular flexibility index (Phi) is 7.39. The molecule has 0 bridgehead atoms. The number of pyridine rings is 2. The van der Waals surface area contributed by atoms with Gasteiger partial charge in [-0.05, 0) is 60.0 Å². The number of hydrogen-bond acceptors (Lipinski definition) is 7. The molecule has 0 saturated carbocycles. The lowest BCUT2D eigenvalue weighted by Crippen LogP contribution is -2.37. The molecule has 8 nitrogen and oxygen atoms in total. The molecule has 0 saturated heterocycles. The molecule has 0 unspecified atom stereocenters.